The minimum absolute atomic E-state index is 0.0404. The van der Waals surface area contributed by atoms with Gasteiger partial charge in [0, 0.05) is 19.0 Å². The van der Waals surface area contributed by atoms with Crippen LogP contribution in [0, 0.1) is 0 Å². The van der Waals surface area contributed by atoms with Crippen molar-refractivity contribution < 1.29 is 17.9 Å². The first kappa shape index (κ1) is 15.3. The second-order valence-electron chi connectivity index (χ2n) is 4.45. The molecule has 1 aromatic carbocycles. The van der Waals surface area contributed by atoms with Crippen molar-refractivity contribution in [2.45, 2.75) is 23.8 Å². The Bertz CT molecular complexity index is 618. The summed E-state index contributed by atoms with van der Waals surface area (Å²) in [6, 6.07) is 4.39. The zero-order valence-corrected chi connectivity index (χ0v) is 13.3. The molecule has 2 N–H and O–H groups in total. The number of hydrogen-bond acceptors (Lipinski definition) is 4. The summed E-state index contributed by atoms with van der Waals surface area (Å²) in [6.07, 6.45) is 1.09. The van der Waals surface area contributed by atoms with Gasteiger partial charge in [0.2, 0.25) is 15.9 Å². The van der Waals surface area contributed by atoms with Gasteiger partial charge in [0.1, 0.15) is 5.75 Å². The third kappa shape index (κ3) is 3.50. The molecule has 1 atom stereocenters. The minimum Gasteiger partial charge on any atom is -0.496 e. The summed E-state index contributed by atoms with van der Waals surface area (Å²) in [7, 11) is -2.09. The van der Waals surface area contributed by atoms with Gasteiger partial charge in [-0.3, -0.25) is 4.79 Å². The number of methoxy groups -OCH3 is 1. The van der Waals surface area contributed by atoms with Gasteiger partial charge < -0.3 is 10.1 Å². The maximum Gasteiger partial charge on any atom is 0.240 e. The van der Waals surface area contributed by atoms with Crippen molar-refractivity contribution in [3.63, 3.8) is 0 Å². The van der Waals surface area contributed by atoms with Crippen LogP contribution < -0.4 is 14.8 Å². The molecule has 0 aliphatic carbocycles. The molecule has 8 heteroatoms. The first-order valence-corrected chi connectivity index (χ1v) is 8.32. The Hall–Kier alpha value is -1.12. The topological polar surface area (TPSA) is 84.5 Å². The summed E-state index contributed by atoms with van der Waals surface area (Å²) in [6.45, 7) is 0.192. The summed E-state index contributed by atoms with van der Waals surface area (Å²) in [5.41, 5.74) is 0. The van der Waals surface area contributed by atoms with Crippen LogP contribution in [0.15, 0.2) is 27.6 Å². The van der Waals surface area contributed by atoms with Crippen LogP contribution in [0.4, 0.5) is 0 Å². The van der Waals surface area contributed by atoms with Crippen molar-refractivity contribution in [1.82, 2.24) is 10.0 Å². The number of ether oxygens (including phenoxy) is 1. The lowest BCUT2D eigenvalue weighted by molar-refractivity contribution is -0.119. The van der Waals surface area contributed by atoms with Gasteiger partial charge in [-0.25, -0.2) is 13.1 Å². The van der Waals surface area contributed by atoms with Crippen LogP contribution in [0.3, 0.4) is 0 Å². The van der Waals surface area contributed by atoms with Crippen molar-refractivity contribution >= 4 is 31.9 Å². The van der Waals surface area contributed by atoms with E-state index in [1.54, 1.807) is 6.07 Å². The van der Waals surface area contributed by atoms with Crippen LogP contribution in [0.2, 0.25) is 0 Å². The maximum atomic E-state index is 12.1. The molecule has 20 heavy (non-hydrogen) atoms. The predicted octanol–water partition coefficient (Wildman–Crippen LogP) is 1.01. The standard InChI is InChI=1S/C12H15BrN2O4S/c1-19-11-4-3-9(6-10(11)13)20(17,18)14-7-8-2-5-12(16)15-8/h3-4,6,8,14H,2,5,7H2,1H3,(H,15,16). The van der Waals surface area contributed by atoms with Gasteiger partial charge in [-0.15, -0.1) is 0 Å². The molecule has 6 nitrogen and oxygen atoms in total. The smallest absolute Gasteiger partial charge is 0.240 e. The minimum atomic E-state index is -3.60. The van der Waals surface area contributed by atoms with Crippen LogP contribution in [0.25, 0.3) is 0 Å². The summed E-state index contributed by atoms with van der Waals surface area (Å²) in [5.74, 6) is 0.522. The maximum absolute atomic E-state index is 12.1. The van der Waals surface area contributed by atoms with Crippen molar-refractivity contribution in [3.05, 3.63) is 22.7 Å². The average Bonchev–Trinajstić information content (AvgIpc) is 2.82. The summed E-state index contributed by atoms with van der Waals surface area (Å²) >= 11 is 3.25. The number of rotatable bonds is 5. The van der Waals surface area contributed by atoms with Crippen molar-refractivity contribution in [3.8, 4) is 5.75 Å². The third-order valence-corrected chi connectivity index (χ3v) is 5.08. The SMILES string of the molecule is COc1ccc(S(=O)(=O)NCC2CCC(=O)N2)cc1Br. The second kappa shape index (κ2) is 6.11. The largest absolute Gasteiger partial charge is 0.496 e. The highest BCUT2D eigenvalue weighted by Crippen LogP contribution is 2.27. The molecular formula is C12H15BrN2O4S. The van der Waals surface area contributed by atoms with Crippen LogP contribution in [-0.2, 0) is 14.8 Å². The molecule has 0 spiro atoms. The number of benzene rings is 1. The molecule has 1 aromatic rings. The summed E-state index contributed by atoms with van der Waals surface area (Å²) in [5, 5.41) is 2.71. The molecule has 0 aromatic heterocycles. The summed E-state index contributed by atoms with van der Waals surface area (Å²) < 4.78 is 32.4. The highest BCUT2D eigenvalue weighted by Gasteiger charge is 2.23. The fourth-order valence-electron chi connectivity index (χ4n) is 1.94. The fourth-order valence-corrected chi connectivity index (χ4v) is 3.74. The molecule has 1 unspecified atom stereocenters. The number of hydrogen-bond donors (Lipinski definition) is 2. The van der Waals surface area contributed by atoms with Crippen molar-refractivity contribution in [1.29, 1.82) is 0 Å². The Labute approximate surface area is 126 Å². The molecule has 1 aliphatic rings. The Balaban J connectivity index is 2.06. The lowest BCUT2D eigenvalue weighted by Gasteiger charge is -2.12. The monoisotopic (exact) mass is 362 g/mol. The number of amides is 1. The van der Waals surface area contributed by atoms with Gasteiger partial charge in [-0.05, 0) is 40.5 Å². The molecule has 1 saturated heterocycles. The van der Waals surface area contributed by atoms with Gasteiger partial charge in [-0.2, -0.15) is 0 Å². The first-order chi connectivity index (χ1) is 9.42. The van der Waals surface area contributed by atoms with E-state index < -0.39 is 10.0 Å². The van der Waals surface area contributed by atoms with Crippen LogP contribution in [-0.4, -0.2) is 34.0 Å². The molecule has 0 bridgehead atoms. The highest BCUT2D eigenvalue weighted by atomic mass is 79.9. The van der Waals surface area contributed by atoms with Gasteiger partial charge >= 0.3 is 0 Å². The summed E-state index contributed by atoms with van der Waals surface area (Å²) in [4.78, 5) is 11.2. The second-order valence-corrected chi connectivity index (χ2v) is 7.07. The lowest BCUT2D eigenvalue weighted by Crippen LogP contribution is -2.38. The van der Waals surface area contributed by atoms with E-state index in [1.807, 2.05) is 0 Å². The van der Waals surface area contributed by atoms with E-state index in [9.17, 15) is 13.2 Å². The fraction of sp³-hybridized carbons (Fsp3) is 0.417. The number of carbonyl (C=O) groups excluding carboxylic acids is 1. The number of sulfonamides is 1. The number of carbonyl (C=O) groups is 1. The van der Waals surface area contributed by atoms with Gasteiger partial charge in [0.25, 0.3) is 0 Å². The van der Waals surface area contributed by atoms with Crippen LogP contribution in [0.1, 0.15) is 12.8 Å². The van der Waals surface area contributed by atoms with E-state index in [4.69, 9.17) is 4.74 Å². The van der Waals surface area contributed by atoms with Crippen LogP contribution >= 0.6 is 15.9 Å². The molecule has 110 valence electrons. The van der Waals surface area contributed by atoms with Gasteiger partial charge in [0.05, 0.1) is 16.5 Å². The van der Waals surface area contributed by atoms with Crippen LogP contribution in [0.5, 0.6) is 5.75 Å². The van der Waals surface area contributed by atoms with Crippen molar-refractivity contribution in [2.24, 2.45) is 0 Å². The number of halogens is 1. The van der Waals surface area contributed by atoms with E-state index in [-0.39, 0.29) is 23.4 Å². The lowest BCUT2D eigenvalue weighted by atomic mass is 10.2. The first-order valence-electron chi connectivity index (χ1n) is 6.05. The molecule has 1 fully saturated rings. The molecule has 1 amide bonds. The molecule has 2 rings (SSSR count). The Morgan fingerprint density at radius 3 is 2.80 bits per heavy atom. The van der Waals surface area contributed by atoms with E-state index in [1.165, 1.54) is 19.2 Å². The van der Waals surface area contributed by atoms with E-state index in [0.717, 1.165) is 0 Å². The molecule has 0 saturated carbocycles. The van der Waals surface area contributed by atoms with E-state index in [0.29, 0.717) is 23.1 Å². The average molecular weight is 363 g/mol. The van der Waals surface area contributed by atoms with E-state index >= 15 is 0 Å². The zero-order valence-electron chi connectivity index (χ0n) is 10.8. The Morgan fingerprint density at radius 2 is 2.25 bits per heavy atom. The van der Waals surface area contributed by atoms with E-state index in [2.05, 4.69) is 26.0 Å². The molecule has 1 heterocycles. The number of nitrogens with one attached hydrogen (secondary N) is 2. The third-order valence-electron chi connectivity index (χ3n) is 3.04. The molecule has 1 aliphatic heterocycles. The predicted molar refractivity (Wildman–Crippen MR) is 77.0 cm³/mol. The Kier molecular flexibility index (Phi) is 4.66. The van der Waals surface area contributed by atoms with Gasteiger partial charge in [0.15, 0.2) is 0 Å². The highest BCUT2D eigenvalue weighted by molar-refractivity contribution is 9.10. The molecular weight excluding hydrogens is 348 g/mol. The molecule has 0 radical (unpaired) electrons. The zero-order chi connectivity index (χ0) is 14.8. The quantitative estimate of drug-likeness (QED) is 0.818. The normalized spacial score (nSPS) is 18.9. The Morgan fingerprint density at radius 1 is 1.50 bits per heavy atom. The van der Waals surface area contributed by atoms with Gasteiger partial charge in [-0.1, -0.05) is 0 Å². The van der Waals surface area contributed by atoms with Crippen molar-refractivity contribution in [2.75, 3.05) is 13.7 Å².